The van der Waals surface area contributed by atoms with Gasteiger partial charge in [0.2, 0.25) is 0 Å². The van der Waals surface area contributed by atoms with Crippen molar-refractivity contribution in [3.63, 3.8) is 0 Å². The first-order chi connectivity index (χ1) is 17.4. The van der Waals surface area contributed by atoms with Gasteiger partial charge < -0.3 is 10.1 Å². The van der Waals surface area contributed by atoms with Crippen LogP contribution < -0.4 is 24.8 Å². The standard InChI is InChI=1S/C27H19Cl2N3O3S/c1-2-35-23-11-7-6-8-17(23)12-24-26(34)32(21-9-4-3-5-10-21)27(36-24)22(16-30)25(33)31-20-14-18(28)13-19(29)15-20/h3-15H,2H2,1H3,(H,31,33)/b24-12+,27-22+. The third-order valence-electron chi connectivity index (χ3n) is 5.02. The highest BCUT2D eigenvalue weighted by molar-refractivity contribution is 7.07. The second kappa shape index (κ2) is 11.3. The molecule has 4 rings (SSSR count). The second-order valence-electron chi connectivity index (χ2n) is 7.46. The number of thiazole rings is 1. The van der Waals surface area contributed by atoms with Crippen molar-refractivity contribution in [1.29, 1.82) is 5.26 Å². The SMILES string of the molecule is CCOc1ccccc1/C=c1/s/c(=C(\C#N)C(=O)Nc2cc(Cl)cc(Cl)c2)n(-c2ccccc2)c1=O. The van der Waals surface area contributed by atoms with Gasteiger partial charge in [-0.25, -0.2) is 0 Å². The molecule has 0 aliphatic carbocycles. The first kappa shape index (κ1) is 25.3. The number of ether oxygens (including phenoxy) is 1. The van der Waals surface area contributed by atoms with Gasteiger partial charge in [0.05, 0.1) is 16.8 Å². The smallest absolute Gasteiger partial charge is 0.273 e. The molecule has 0 saturated heterocycles. The summed E-state index contributed by atoms with van der Waals surface area (Å²) in [5, 5.41) is 13.3. The van der Waals surface area contributed by atoms with Gasteiger partial charge in [-0.05, 0) is 49.4 Å². The predicted molar refractivity (Wildman–Crippen MR) is 144 cm³/mol. The largest absolute Gasteiger partial charge is 0.493 e. The van der Waals surface area contributed by atoms with E-state index in [-0.39, 0.29) is 15.8 Å². The maximum atomic E-state index is 13.6. The van der Waals surface area contributed by atoms with E-state index in [0.29, 0.717) is 43.9 Å². The Morgan fingerprint density at radius 1 is 1.08 bits per heavy atom. The van der Waals surface area contributed by atoms with E-state index < -0.39 is 5.91 Å². The summed E-state index contributed by atoms with van der Waals surface area (Å²) in [6.45, 7) is 2.34. The van der Waals surface area contributed by atoms with E-state index in [1.165, 1.54) is 22.8 Å². The van der Waals surface area contributed by atoms with E-state index in [1.807, 2.05) is 43.3 Å². The summed E-state index contributed by atoms with van der Waals surface area (Å²) in [5.41, 5.74) is 0.973. The van der Waals surface area contributed by atoms with E-state index in [2.05, 4.69) is 5.32 Å². The number of nitriles is 1. The molecule has 0 atom stereocenters. The maximum Gasteiger partial charge on any atom is 0.273 e. The van der Waals surface area contributed by atoms with Crippen LogP contribution in [0.3, 0.4) is 0 Å². The first-order valence-corrected chi connectivity index (χ1v) is 12.4. The van der Waals surface area contributed by atoms with Gasteiger partial charge in [-0.2, -0.15) is 5.26 Å². The van der Waals surface area contributed by atoms with Crippen LogP contribution in [0.15, 0.2) is 77.6 Å². The van der Waals surface area contributed by atoms with Crippen LogP contribution >= 0.6 is 34.5 Å². The number of para-hydroxylation sites is 2. The Balaban J connectivity index is 1.95. The number of hydrogen-bond donors (Lipinski definition) is 1. The number of benzene rings is 3. The minimum atomic E-state index is -0.692. The molecule has 1 aromatic heterocycles. The van der Waals surface area contributed by atoms with Crippen LogP contribution in [0.5, 0.6) is 5.75 Å². The maximum absolute atomic E-state index is 13.6. The summed E-state index contributed by atoms with van der Waals surface area (Å²) >= 11 is 13.1. The number of rotatable bonds is 6. The van der Waals surface area contributed by atoms with Gasteiger partial charge >= 0.3 is 0 Å². The molecule has 9 heteroatoms. The molecule has 36 heavy (non-hydrogen) atoms. The van der Waals surface area contributed by atoms with Crippen molar-refractivity contribution in [1.82, 2.24) is 4.57 Å². The molecule has 0 unspecified atom stereocenters. The van der Waals surface area contributed by atoms with Crippen molar-refractivity contribution in [2.75, 3.05) is 11.9 Å². The number of amides is 1. The molecular formula is C27H19Cl2N3O3S. The summed E-state index contributed by atoms with van der Waals surface area (Å²) in [6.07, 6.45) is 1.70. The van der Waals surface area contributed by atoms with Crippen molar-refractivity contribution < 1.29 is 9.53 Å². The highest BCUT2D eigenvalue weighted by atomic mass is 35.5. The highest BCUT2D eigenvalue weighted by Crippen LogP contribution is 2.23. The first-order valence-electron chi connectivity index (χ1n) is 10.8. The van der Waals surface area contributed by atoms with Crippen molar-refractivity contribution in [2.45, 2.75) is 6.92 Å². The number of nitrogens with zero attached hydrogens (tertiary/aromatic N) is 2. The van der Waals surface area contributed by atoms with Crippen LogP contribution in [-0.2, 0) is 4.79 Å². The zero-order valence-electron chi connectivity index (χ0n) is 19.0. The third kappa shape index (κ3) is 5.52. The zero-order valence-corrected chi connectivity index (χ0v) is 21.3. The van der Waals surface area contributed by atoms with Crippen molar-refractivity contribution in [3.05, 3.63) is 108 Å². The normalized spacial score (nSPS) is 12.1. The molecule has 0 aliphatic rings. The second-order valence-corrected chi connectivity index (χ2v) is 9.37. The monoisotopic (exact) mass is 535 g/mol. The lowest BCUT2D eigenvalue weighted by Gasteiger charge is -2.06. The van der Waals surface area contributed by atoms with Crippen LogP contribution in [0.2, 0.25) is 10.0 Å². The van der Waals surface area contributed by atoms with E-state index >= 15 is 0 Å². The zero-order chi connectivity index (χ0) is 25.7. The van der Waals surface area contributed by atoms with Crippen LogP contribution in [0, 0.1) is 11.3 Å². The summed E-state index contributed by atoms with van der Waals surface area (Å²) in [4.78, 5) is 26.7. The minimum Gasteiger partial charge on any atom is -0.493 e. The molecule has 0 radical (unpaired) electrons. The number of halogens is 2. The fourth-order valence-electron chi connectivity index (χ4n) is 3.50. The lowest BCUT2D eigenvalue weighted by molar-refractivity contribution is -0.111. The van der Waals surface area contributed by atoms with Crippen molar-refractivity contribution >= 4 is 57.8 Å². The Morgan fingerprint density at radius 2 is 1.75 bits per heavy atom. The van der Waals surface area contributed by atoms with E-state index in [0.717, 1.165) is 11.3 Å². The number of anilines is 1. The Morgan fingerprint density at radius 3 is 2.42 bits per heavy atom. The number of hydrogen-bond acceptors (Lipinski definition) is 5. The molecule has 6 nitrogen and oxygen atoms in total. The predicted octanol–water partition coefficient (Wildman–Crippen LogP) is 4.75. The molecule has 0 bridgehead atoms. The lowest BCUT2D eigenvalue weighted by Crippen LogP contribution is -2.32. The molecule has 1 amide bonds. The van der Waals surface area contributed by atoms with Gasteiger partial charge in [0.1, 0.15) is 16.5 Å². The van der Waals surface area contributed by atoms with Crippen molar-refractivity contribution in [3.8, 4) is 17.5 Å². The average Bonchev–Trinajstić information content (AvgIpc) is 3.16. The van der Waals surface area contributed by atoms with Crippen LogP contribution in [0.4, 0.5) is 5.69 Å². The summed E-state index contributed by atoms with van der Waals surface area (Å²) in [5.74, 6) is -0.0660. The highest BCUT2D eigenvalue weighted by Gasteiger charge is 2.18. The Kier molecular flexibility index (Phi) is 7.91. The van der Waals surface area contributed by atoms with Gasteiger partial charge in [-0.3, -0.25) is 14.2 Å². The number of carbonyl (C=O) groups is 1. The van der Waals surface area contributed by atoms with E-state index in [1.54, 1.807) is 30.3 Å². The van der Waals surface area contributed by atoms with Gasteiger partial charge in [-0.1, -0.05) is 59.6 Å². The quantitative estimate of drug-likeness (QED) is 0.386. The Hall–Kier alpha value is -3.83. The van der Waals surface area contributed by atoms with Crippen LogP contribution in [0.1, 0.15) is 12.5 Å². The Labute approximate surface area is 220 Å². The number of aromatic nitrogens is 1. The molecule has 4 aromatic rings. The molecule has 3 aromatic carbocycles. The average molecular weight is 536 g/mol. The topological polar surface area (TPSA) is 84.1 Å². The fourth-order valence-corrected chi connectivity index (χ4v) is 5.12. The molecule has 1 heterocycles. The molecular weight excluding hydrogens is 517 g/mol. The van der Waals surface area contributed by atoms with E-state index in [4.69, 9.17) is 27.9 Å². The third-order valence-corrected chi connectivity index (χ3v) is 6.55. The Bertz CT molecular complexity index is 1630. The molecule has 1 N–H and O–H groups in total. The van der Waals surface area contributed by atoms with Gasteiger partial charge in [-0.15, -0.1) is 11.3 Å². The summed E-state index contributed by atoms with van der Waals surface area (Å²) < 4.78 is 7.58. The summed E-state index contributed by atoms with van der Waals surface area (Å²) in [7, 11) is 0. The van der Waals surface area contributed by atoms with Gasteiger partial charge in [0, 0.05) is 21.3 Å². The van der Waals surface area contributed by atoms with Gasteiger partial charge in [0.25, 0.3) is 11.5 Å². The van der Waals surface area contributed by atoms with E-state index in [9.17, 15) is 14.9 Å². The van der Waals surface area contributed by atoms with Gasteiger partial charge in [0.15, 0.2) is 5.57 Å². The number of nitrogens with one attached hydrogen (secondary N) is 1. The fraction of sp³-hybridized carbons (Fsp3) is 0.0741. The number of carbonyl (C=O) groups excluding carboxylic acids is 1. The lowest BCUT2D eigenvalue weighted by atomic mass is 10.2. The molecule has 180 valence electrons. The summed E-state index contributed by atoms with van der Waals surface area (Å²) in [6, 6.07) is 22.7. The molecule has 0 fully saturated rings. The molecule has 0 spiro atoms. The minimum absolute atomic E-state index is 0.194. The molecule has 0 saturated carbocycles. The van der Waals surface area contributed by atoms with Crippen molar-refractivity contribution in [2.24, 2.45) is 0 Å². The van der Waals surface area contributed by atoms with Crippen LogP contribution in [0.25, 0.3) is 17.3 Å². The molecule has 0 aliphatic heterocycles. The van der Waals surface area contributed by atoms with Crippen LogP contribution in [-0.4, -0.2) is 17.1 Å².